The van der Waals surface area contributed by atoms with E-state index in [2.05, 4.69) is 89.0 Å². The van der Waals surface area contributed by atoms with E-state index in [0.717, 1.165) is 10.9 Å². The number of halogens is 2. The van der Waals surface area contributed by atoms with E-state index in [-0.39, 0.29) is 0 Å². The van der Waals surface area contributed by atoms with E-state index in [1.807, 2.05) is 0 Å². The number of hydrogen-bond donors (Lipinski definition) is 0. The fraction of sp³-hybridized carbons (Fsp3) is 0.294. The fourth-order valence-electron chi connectivity index (χ4n) is 2.27. The highest BCUT2D eigenvalue weighted by Crippen LogP contribution is 2.32. The first-order valence-corrected chi connectivity index (χ1v) is 8.14. The van der Waals surface area contributed by atoms with E-state index in [4.69, 9.17) is 0 Å². The van der Waals surface area contributed by atoms with Gasteiger partial charge in [0.25, 0.3) is 0 Å². The molecule has 0 nitrogen and oxygen atoms in total. The first-order valence-electron chi connectivity index (χ1n) is 6.43. The maximum Gasteiger partial charge on any atom is 0.0438 e. The van der Waals surface area contributed by atoms with E-state index >= 15 is 0 Å². The van der Waals surface area contributed by atoms with Gasteiger partial charge in [0.05, 0.1) is 0 Å². The summed E-state index contributed by atoms with van der Waals surface area (Å²) in [7, 11) is 0. The second-order valence-electron chi connectivity index (χ2n) is 5.10. The van der Waals surface area contributed by atoms with Crippen molar-refractivity contribution in [1.29, 1.82) is 0 Å². The van der Waals surface area contributed by atoms with Crippen molar-refractivity contribution in [2.45, 2.75) is 32.0 Å². The van der Waals surface area contributed by atoms with Gasteiger partial charge in [0.15, 0.2) is 0 Å². The van der Waals surface area contributed by atoms with E-state index in [1.54, 1.807) is 0 Å². The van der Waals surface area contributed by atoms with Crippen LogP contribution in [0.4, 0.5) is 0 Å². The highest BCUT2D eigenvalue weighted by Gasteiger charge is 2.13. The molecule has 0 radical (unpaired) electrons. The molecule has 0 aliphatic rings. The van der Waals surface area contributed by atoms with E-state index < -0.39 is 0 Å². The molecule has 0 fully saturated rings. The Morgan fingerprint density at radius 1 is 0.947 bits per heavy atom. The Labute approximate surface area is 132 Å². The predicted octanol–water partition coefficient (Wildman–Crippen LogP) is 6.05. The second-order valence-corrected chi connectivity index (χ2v) is 7.12. The summed E-state index contributed by atoms with van der Waals surface area (Å²) in [5.41, 5.74) is 6.79. The van der Waals surface area contributed by atoms with Gasteiger partial charge in [0, 0.05) is 9.30 Å². The molecule has 0 N–H and O–H groups in total. The van der Waals surface area contributed by atoms with Crippen LogP contribution < -0.4 is 0 Å². The number of benzene rings is 2. The van der Waals surface area contributed by atoms with Gasteiger partial charge in [0.2, 0.25) is 0 Å². The number of aryl methyl sites for hydroxylation is 3. The molecule has 0 saturated carbocycles. The zero-order valence-corrected chi connectivity index (χ0v) is 14.7. The smallest absolute Gasteiger partial charge is 0.0438 e. The summed E-state index contributed by atoms with van der Waals surface area (Å²) in [6, 6.07) is 13.1. The number of rotatable bonds is 3. The molecular weight excluding hydrogens is 364 g/mol. The number of hydrogen-bond acceptors (Lipinski definition) is 0. The minimum Gasteiger partial charge on any atom is -0.0835 e. The van der Waals surface area contributed by atoms with Gasteiger partial charge in [-0.3, -0.25) is 0 Å². The Bertz CT molecular complexity index is 588. The molecule has 100 valence electrons. The van der Waals surface area contributed by atoms with Gasteiger partial charge in [0.1, 0.15) is 0 Å². The van der Waals surface area contributed by atoms with Gasteiger partial charge in [-0.1, -0.05) is 61.7 Å². The quantitative estimate of drug-likeness (QED) is 0.567. The van der Waals surface area contributed by atoms with Crippen LogP contribution >= 0.6 is 31.9 Å². The van der Waals surface area contributed by atoms with Gasteiger partial charge in [-0.05, 0) is 61.6 Å². The Morgan fingerprint density at radius 3 is 2.37 bits per heavy atom. The lowest BCUT2D eigenvalue weighted by atomic mass is 9.97. The topological polar surface area (TPSA) is 0 Å². The first kappa shape index (κ1) is 14.8. The van der Waals surface area contributed by atoms with Crippen LogP contribution in [0.25, 0.3) is 0 Å². The zero-order valence-electron chi connectivity index (χ0n) is 11.5. The maximum atomic E-state index is 3.85. The SMILES string of the molecule is Cc1ccc(C)c(CC(Br)c2cc(Br)ccc2C)c1. The third kappa shape index (κ3) is 3.70. The van der Waals surface area contributed by atoms with Crippen LogP contribution in [0.3, 0.4) is 0 Å². The van der Waals surface area contributed by atoms with Crippen molar-refractivity contribution < 1.29 is 0 Å². The Hall–Kier alpha value is -0.600. The molecule has 0 heterocycles. The summed E-state index contributed by atoms with van der Waals surface area (Å²) < 4.78 is 1.14. The van der Waals surface area contributed by atoms with Crippen LogP contribution in [0, 0.1) is 20.8 Å². The van der Waals surface area contributed by atoms with Crippen molar-refractivity contribution in [2.75, 3.05) is 0 Å². The molecule has 2 rings (SSSR count). The summed E-state index contributed by atoms with van der Waals surface area (Å²) >= 11 is 7.40. The van der Waals surface area contributed by atoms with Crippen molar-refractivity contribution in [3.05, 3.63) is 68.7 Å². The van der Waals surface area contributed by atoms with E-state index in [1.165, 1.54) is 27.8 Å². The molecule has 1 atom stereocenters. The van der Waals surface area contributed by atoms with Crippen LogP contribution in [0.5, 0.6) is 0 Å². The molecule has 2 aromatic carbocycles. The van der Waals surface area contributed by atoms with Crippen LogP contribution in [0.2, 0.25) is 0 Å². The lowest BCUT2D eigenvalue weighted by Crippen LogP contribution is -2.00. The van der Waals surface area contributed by atoms with Gasteiger partial charge in [-0.15, -0.1) is 0 Å². The van der Waals surface area contributed by atoms with Crippen LogP contribution in [0.15, 0.2) is 40.9 Å². The van der Waals surface area contributed by atoms with Crippen LogP contribution in [-0.2, 0) is 6.42 Å². The third-order valence-corrected chi connectivity index (χ3v) is 4.79. The highest BCUT2D eigenvalue weighted by atomic mass is 79.9. The van der Waals surface area contributed by atoms with Crippen molar-refractivity contribution in [2.24, 2.45) is 0 Å². The molecule has 2 heteroatoms. The average Bonchev–Trinajstić information content (AvgIpc) is 2.36. The molecule has 0 bridgehead atoms. The van der Waals surface area contributed by atoms with E-state index in [0.29, 0.717) is 4.83 Å². The zero-order chi connectivity index (χ0) is 14.0. The fourth-order valence-corrected chi connectivity index (χ4v) is 3.49. The molecule has 0 aliphatic carbocycles. The van der Waals surface area contributed by atoms with Crippen molar-refractivity contribution in [1.82, 2.24) is 0 Å². The molecule has 0 aromatic heterocycles. The molecule has 0 spiro atoms. The highest BCUT2D eigenvalue weighted by molar-refractivity contribution is 9.10. The minimum atomic E-state index is 0.352. The summed E-state index contributed by atoms with van der Waals surface area (Å²) in [6.45, 7) is 6.50. The Morgan fingerprint density at radius 2 is 1.63 bits per heavy atom. The Kier molecular flexibility index (Phi) is 4.86. The summed E-state index contributed by atoms with van der Waals surface area (Å²) in [6.07, 6.45) is 1.02. The monoisotopic (exact) mass is 380 g/mol. The lowest BCUT2D eigenvalue weighted by molar-refractivity contribution is 0.925. The predicted molar refractivity (Wildman–Crippen MR) is 90.2 cm³/mol. The van der Waals surface area contributed by atoms with Gasteiger partial charge in [-0.25, -0.2) is 0 Å². The van der Waals surface area contributed by atoms with E-state index in [9.17, 15) is 0 Å². The normalized spacial score (nSPS) is 12.5. The first-order chi connectivity index (χ1) is 8.97. The summed E-state index contributed by atoms with van der Waals surface area (Å²) in [5.74, 6) is 0. The van der Waals surface area contributed by atoms with Crippen molar-refractivity contribution in [3.63, 3.8) is 0 Å². The van der Waals surface area contributed by atoms with Crippen LogP contribution in [-0.4, -0.2) is 0 Å². The third-order valence-electron chi connectivity index (χ3n) is 3.48. The summed E-state index contributed by atoms with van der Waals surface area (Å²) in [4.78, 5) is 0.352. The largest absolute Gasteiger partial charge is 0.0835 e. The summed E-state index contributed by atoms with van der Waals surface area (Å²) in [5, 5.41) is 0. The molecule has 0 amide bonds. The molecular formula is C17H18Br2. The molecule has 19 heavy (non-hydrogen) atoms. The standard InChI is InChI=1S/C17H18Br2/c1-11-4-5-12(2)14(8-11)9-17(19)16-10-15(18)7-6-13(16)3/h4-8,10,17H,9H2,1-3H3. The molecule has 0 saturated heterocycles. The van der Waals surface area contributed by atoms with Gasteiger partial charge < -0.3 is 0 Å². The second kappa shape index (κ2) is 6.23. The number of alkyl halides is 1. The van der Waals surface area contributed by atoms with Gasteiger partial charge >= 0.3 is 0 Å². The van der Waals surface area contributed by atoms with Gasteiger partial charge in [-0.2, -0.15) is 0 Å². The molecule has 1 unspecified atom stereocenters. The minimum absolute atomic E-state index is 0.352. The van der Waals surface area contributed by atoms with Crippen molar-refractivity contribution in [3.8, 4) is 0 Å². The Balaban J connectivity index is 2.27. The molecule has 0 aliphatic heterocycles. The maximum absolute atomic E-state index is 3.85. The average molecular weight is 382 g/mol. The van der Waals surface area contributed by atoms with Crippen molar-refractivity contribution >= 4 is 31.9 Å². The van der Waals surface area contributed by atoms with Crippen LogP contribution in [0.1, 0.15) is 32.6 Å². The lowest BCUT2D eigenvalue weighted by Gasteiger charge is -2.15. The molecule has 2 aromatic rings.